The first-order valence-electron chi connectivity index (χ1n) is 5.13. The molecule has 0 radical (unpaired) electrons. The average Bonchev–Trinajstić information content (AvgIpc) is 2.74. The Bertz CT molecular complexity index is 403. The maximum atomic E-state index is 11.4. The Balaban J connectivity index is 2.42. The lowest BCUT2D eigenvalue weighted by Gasteiger charge is -2.11. The molecule has 8 nitrogen and oxygen atoms in total. The Morgan fingerprint density at radius 3 is 2.94 bits per heavy atom. The fourth-order valence-corrected chi connectivity index (χ4v) is 1.11. The van der Waals surface area contributed by atoms with E-state index in [0.717, 1.165) is 6.20 Å². The molecule has 1 heterocycles. The number of likely N-dealkylation sites (N-methyl/N-ethyl adjacent to an activating group) is 1. The van der Waals surface area contributed by atoms with Gasteiger partial charge in [-0.05, 0) is 14.0 Å². The van der Waals surface area contributed by atoms with Crippen molar-refractivity contribution >= 4 is 11.6 Å². The van der Waals surface area contributed by atoms with Crippen LogP contribution in [0, 0.1) is 10.1 Å². The molecule has 1 aromatic rings. The third kappa shape index (κ3) is 4.19. The van der Waals surface area contributed by atoms with Gasteiger partial charge in [0.2, 0.25) is 5.91 Å². The number of hydrogen-bond acceptors (Lipinski definition) is 5. The summed E-state index contributed by atoms with van der Waals surface area (Å²) in [7, 11) is 1.80. The quantitative estimate of drug-likeness (QED) is 0.517. The van der Waals surface area contributed by atoms with Crippen molar-refractivity contribution in [3.8, 4) is 0 Å². The van der Waals surface area contributed by atoms with Crippen molar-refractivity contribution < 1.29 is 9.72 Å². The van der Waals surface area contributed by atoms with Crippen LogP contribution in [0.3, 0.4) is 0 Å². The molecule has 1 amide bonds. The van der Waals surface area contributed by atoms with E-state index in [1.165, 1.54) is 10.9 Å². The van der Waals surface area contributed by atoms with Crippen LogP contribution < -0.4 is 10.6 Å². The molecule has 8 heteroatoms. The molecule has 0 aliphatic carbocycles. The van der Waals surface area contributed by atoms with Crippen molar-refractivity contribution in [1.29, 1.82) is 0 Å². The van der Waals surface area contributed by atoms with Crippen LogP contribution in [0.4, 0.5) is 5.69 Å². The summed E-state index contributed by atoms with van der Waals surface area (Å²) in [5.41, 5.74) is -0.124. The molecule has 1 unspecified atom stereocenters. The molecular weight excluding hydrogens is 226 g/mol. The summed E-state index contributed by atoms with van der Waals surface area (Å²) in [6.45, 7) is 2.40. The Morgan fingerprint density at radius 1 is 1.71 bits per heavy atom. The maximum absolute atomic E-state index is 11.4. The second-order valence-corrected chi connectivity index (χ2v) is 3.65. The number of nitrogens with zero attached hydrogens (tertiary/aromatic N) is 3. The lowest BCUT2D eigenvalue weighted by atomic mass is 10.3. The minimum absolute atomic E-state index is 0.0235. The van der Waals surface area contributed by atoms with Crippen LogP contribution in [0.1, 0.15) is 6.92 Å². The number of nitrogens with one attached hydrogen (secondary N) is 2. The van der Waals surface area contributed by atoms with Gasteiger partial charge in [0.05, 0.1) is 4.92 Å². The first-order valence-corrected chi connectivity index (χ1v) is 5.13. The molecule has 0 saturated carbocycles. The number of hydrogen-bond donors (Lipinski definition) is 2. The third-order valence-corrected chi connectivity index (χ3v) is 2.23. The van der Waals surface area contributed by atoms with E-state index in [2.05, 4.69) is 15.7 Å². The second kappa shape index (κ2) is 5.94. The van der Waals surface area contributed by atoms with Crippen LogP contribution in [0.2, 0.25) is 0 Å². The van der Waals surface area contributed by atoms with Crippen LogP contribution in [-0.2, 0) is 11.3 Å². The van der Waals surface area contributed by atoms with E-state index >= 15 is 0 Å². The highest BCUT2D eigenvalue weighted by Crippen LogP contribution is 2.07. The average molecular weight is 241 g/mol. The van der Waals surface area contributed by atoms with Crippen LogP contribution in [0.15, 0.2) is 12.4 Å². The molecule has 1 rings (SSSR count). The van der Waals surface area contributed by atoms with Crippen molar-refractivity contribution in [2.45, 2.75) is 19.5 Å². The van der Waals surface area contributed by atoms with E-state index in [1.54, 1.807) is 7.05 Å². The van der Waals surface area contributed by atoms with E-state index in [1.807, 2.05) is 6.92 Å². The minimum Gasteiger partial charge on any atom is -0.353 e. The summed E-state index contributed by atoms with van der Waals surface area (Å²) in [4.78, 5) is 21.3. The zero-order valence-electron chi connectivity index (χ0n) is 9.71. The zero-order valence-corrected chi connectivity index (χ0v) is 9.71. The molecule has 1 aromatic heterocycles. The predicted octanol–water partition coefficient (Wildman–Crippen LogP) is -0.485. The van der Waals surface area contributed by atoms with Gasteiger partial charge in [0.1, 0.15) is 18.9 Å². The molecule has 0 saturated heterocycles. The van der Waals surface area contributed by atoms with Crippen LogP contribution in [0.5, 0.6) is 0 Å². The molecule has 0 fully saturated rings. The maximum Gasteiger partial charge on any atom is 0.307 e. The predicted molar refractivity (Wildman–Crippen MR) is 60.4 cm³/mol. The number of rotatable bonds is 6. The second-order valence-electron chi connectivity index (χ2n) is 3.65. The smallest absolute Gasteiger partial charge is 0.307 e. The Kier molecular flexibility index (Phi) is 4.58. The van der Waals surface area contributed by atoms with Gasteiger partial charge in [0.25, 0.3) is 0 Å². The molecule has 0 aliphatic heterocycles. The number of nitro groups is 1. The van der Waals surface area contributed by atoms with Gasteiger partial charge >= 0.3 is 5.69 Å². The van der Waals surface area contributed by atoms with Gasteiger partial charge < -0.3 is 10.6 Å². The van der Waals surface area contributed by atoms with Crippen LogP contribution in [-0.4, -0.2) is 40.2 Å². The monoisotopic (exact) mass is 241 g/mol. The molecule has 0 spiro atoms. The summed E-state index contributed by atoms with van der Waals surface area (Å²) in [5.74, 6) is -0.231. The van der Waals surface area contributed by atoms with Crippen molar-refractivity contribution in [2.24, 2.45) is 0 Å². The van der Waals surface area contributed by atoms with Gasteiger partial charge in [-0.3, -0.25) is 19.6 Å². The van der Waals surface area contributed by atoms with Gasteiger partial charge in [-0.15, -0.1) is 0 Å². The summed E-state index contributed by atoms with van der Waals surface area (Å²) < 4.78 is 1.23. The van der Waals surface area contributed by atoms with Gasteiger partial charge in [-0.25, -0.2) is 0 Å². The highest BCUT2D eigenvalue weighted by molar-refractivity contribution is 5.75. The Labute approximate surface area is 98.1 Å². The van der Waals surface area contributed by atoms with Gasteiger partial charge in [0, 0.05) is 12.6 Å². The fraction of sp³-hybridized carbons (Fsp3) is 0.556. The molecule has 1 atom stereocenters. The lowest BCUT2D eigenvalue weighted by Crippen LogP contribution is -2.38. The number of amides is 1. The van der Waals surface area contributed by atoms with Crippen LogP contribution in [0.25, 0.3) is 0 Å². The van der Waals surface area contributed by atoms with Gasteiger partial charge in [-0.1, -0.05) is 0 Å². The fourth-order valence-electron chi connectivity index (χ4n) is 1.11. The first-order chi connectivity index (χ1) is 8.02. The van der Waals surface area contributed by atoms with E-state index in [9.17, 15) is 14.9 Å². The zero-order chi connectivity index (χ0) is 12.8. The van der Waals surface area contributed by atoms with E-state index < -0.39 is 4.92 Å². The largest absolute Gasteiger partial charge is 0.353 e. The SMILES string of the molecule is CNC(C)CNC(=O)Cn1cc([N+](=O)[O-])cn1. The standard InChI is InChI=1S/C9H15N5O3/c1-7(10-2)3-11-9(15)6-13-5-8(4-12-13)14(16)17/h4-5,7,10H,3,6H2,1-2H3,(H,11,15). The summed E-state index contributed by atoms with van der Waals surface area (Å²) in [6.07, 6.45) is 2.34. The summed E-state index contributed by atoms with van der Waals surface area (Å²) in [6, 6.07) is 0.172. The lowest BCUT2D eigenvalue weighted by molar-refractivity contribution is -0.385. The van der Waals surface area contributed by atoms with Gasteiger partial charge in [0.15, 0.2) is 0 Å². The third-order valence-electron chi connectivity index (χ3n) is 2.23. The molecule has 0 aliphatic rings. The molecule has 0 bridgehead atoms. The van der Waals surface area contributed by atoms with Crippen molar-refractivity contribution in [2.75, 3.05) is 13.6 Å². The topological polar surface area (TPSA) is 102 Å². The van der Waals surface area contributed by atoms with E-state index in [4.69, 9.17) is 0 Å². The highest BCUT2D eigenvalue weighted by Gasteiger charge is 2.11. The molecular formula is C9H15N5O3. The van der Waals surface area contributed by atoms with E-state index in [-0.39, 0.29) is 24.2 Å². The number of aromatic nitrogens is 2. The van der Waals surface area contributed by atoms with Crippen LogP contribution >= 0.6 is 0 Å². The first kappa shape index (κ1) is 13.1. The van der Waals surface area contributed by atoms with E-state index in [0.29, 0.717) is 6.54 Å². The minimum atomic E-state index is -0.551. The molecule has 94 valence electrons. The molecule has 2 N–H and O–H groups in total. The summed E-state index contributed by atoms with van der Waals surface area (Å²) >= 11 is 0. The van der Waals surface area contributed by atoms with Crippen molar-refractivity contribution in [3.63, 3.8) is 0 Å². The number of carbonyl (C=O) groups excluding carboxylic acids is 1. The Hall–Kier alpha value is -1.96. The summed E-state index contributed by atoms with van der Waals surface area (Å²) in [5, 5.41) is 19.8. The molecule has 17 heavy (non-hydrogen) atoms. The number of carbonyl (C=O) groups is 1. The van der Waals surface area contributed by atoms with Gasteiger partial charge in [-0.2, -0.15) is 5.10 Å². The normalized spacial score (nSPS) is 12.1. The van der Waals surface area contributed by atoms with Crippen molar-refractivity contribution in [3.05, 3.63) is 22.5 Å². The van der Waals surface area contributed by atoms with Crippen molar-refractivity contribution in [1.82, 2.24) is 20.4 Å². The molecule has 0 aromatic carbocycles. The Morgan fingerprint density at radius 2 is 2.41 bits per heavy atom. The highest BCUT2D eigenvalue weighted by atomic mass is 16.6.